The number of phosphoric acid groups is 1. The van der Waals surface area contributed by atoms with Crippen molar-refractivity contribution in [2.75, 3.05) is 61.6 Å². The first kappa shape index (κ1) is 60.0. The largest absolute Gasteiger partial charge is 0.472 e. The van der Waals surface area contributed by atoms with E-state index in [0.717, 1.165) is 70.6 Å². The number of hydrogen-bond acceptors (Lipinski definition) is 8. The van der Waals surface area contributed by atoms with E-state index < -0.39 is 26.5 Å². The molecule has 0 aliphatic carbocycles. The number of rotatable bonds is 40. The number of carbonyl (C=O) groups excluding carboxylic acids is 3. The number of unbranched alkanes of at least 4 members (excludes halogenated alkanes) is 22. The number of nitrogens with zero attached hydrogens (tertiary/aromatic N) is 2. The molecule has 11 nitrogen and oxygen atoms in total. The zero-order valence-corrected chi connectivity index (χ0v) is 41.0. The van der Waals surface area contributed by atoms with Gasteiger partial charge in [-0.15, -0.1) is 0 Å². The lowest BCUT2D eigenvalue weighted by Crippen LogP contribution is -2.37. The molecule has 0 fully saturated rings. The molecule has 2 atom stereocenters. The molecule has 0 rings (SSSR count). The Morgan fingerprint density at radius 2 is 0.950 bits per heavy atom. The molecule has 0 aromatic carbocycles. The minimum atomic E-state index is -4.37. The van der Waals surface area contributed by atoms with E-state index in [1.54, 1.807) is 14.1 Å². The lowest BCUT2D eigenvalue weighted by atomic mass is 10.1. The summed E-state index contributed by atoms with van der Waals surface area (Å²) in [5.41, 5.74) is 0. The Balaban J connectivity index is 0. The molecule has 1 unspecified atom stereocenters. The first-order valence-corrected chi connectivity index (χ1v) is 25.4. The number of amides is 1. The Morgan fingerprint density at radius 1 is 0.583 bits per heavy atom. The summed E-state index contributed by atoms with van der Waals surface area (Å²) in [7, 11) is 4.92. The van der Waals surface area contributed by atoms with Crippen LogP contribution in [0.1, 0.15) is 201 Å². The fourth-order valence-corrected chi connectivity index (χ4v) is 6.69. The number of ether oxygens (including phenoxy) is 2. The molecular weight excluding hydrogens is 780 g/mol. The van der Waals surface area contributed by atoms with Gasteiger partial charge >= 0.3 is 19.8 Å². The zero-order valence-electron chi connectivity index (χ0n) is 40.1. The van der Waals surface area contributed by atoms with Crippen LogP contribution in [0.25, 0.3) is 0 Å². The van der Waals surface area contributed by atoms with Gasteiger partial charge in [-0.1, -0.05) is 141 Å². The first-order valence-electron chi connectivity index (χ1n) is 23.9. The molecule has 0 heterocycles. The third-order valence-corrected chi connectivity index (χ3v) is 11.1. The summed E-state index contributed by atoms with van der Waals surface area (Å²) in [6, 6.07) is 0. The summed E-state index contributed by atoms with van der Waals surface area (Å²) < 4.78 is 34.3. The van der Waals surface area contributed by atoms with Crippen LogP contribution in [0.5, 0.6) is 0 Å². The van der Waals surface area contributed by atoms with Gasteiger partial charge in [0.25, 0.3) is 0 Å². The molecule has 0 aliphatic heterocycles. The highest BCUT2D eigenvalue weighted by atomic mass is 31.2. The topological polar surface area (TPSA) is 129 Å². The second-order valence-corrected chi connectivity index (χ2v) is 18.9. The van der Waals surface area contributed by atoms with Crippen LogP contribution in [0.2, 0.25) is 0 Å². The van der Waals surface area contributed by atoms with Crippen molar-refractivity contribution in [1.29, 1.82) is 0 Å². The minimum Gasteiger partial charge on any atom is -0.462 e. The van der Waals surface area contributed by atoms with Crippen LogP contribution in [-0.2, 0) is 37.5 Å². The summed E-state index contributed by atoms with van der Waals surface area (Å²) >= 11 is 0. The van der Waals surface area contributed by atoms with Crippen LogP contribution in [0.4, 0.5) is 0 Å². The van der Waals surface area contributed by atoms with Crippen LogP contribution in [0, 0.1) is 0 Å². The molecular formula is C48H94N2O9P+. The lowest BCUT2D eigenvalue weighted by molar-refractivity contribution is -0.870. The summed E-state index contributed by atoms with van der Waals surface area (Å²) in [6.45, 7) is 5.93. The second kappa shape index (κ2) is 42.3. The highest BCUT2D eigenvalue weighted by molar-refractivity contribution is 7.47. The number of likely N-dealkylation sites (N-methyl/N-ethyl adjacent to an activating group) is 1. The Labute approximate surface area is 369 Å². The predicted octanol–water partition coefficient (Wildman–Crippen LogP) is 12.5. The van der Waals surface area contributed by atoms with Gasteiger partial charge in [0.15, 0.2) is 6.10 Å². The maximum atomic E-state index is 12.7. The summed E-state index contributed by atoms with van der Waals surface area (Å²) in [5.74, 6) is -0.722. The van der Waals surface area contributed by atoms with E-state index >= 15 is 0 Å². The molecule has 0 radical (unpaired) electrons. The number of esters is 2. The van der Waals surface area contributed by atoms with Crippen molar-refractivity contribution in [3.63, 3.8) is 0 Å². The molecule has 60 heavy (non-hydrogen) atoms. The van der Waals surface area contributed by atoms with Gasteiger partial charge in [-0.3, -0.25) is 23.4 Å². The SMILES string of the molecule is CC(=O)N(C)C.CCCCCCCC/C=C\CCCCCCCC(=O)OC[C@H](COP(=O)(O)OCC[N+](C)(C)C)OC(=O)CCCCCCC/C=C\CCCCCCCC. The van der Waals surface area contributed by atoms with E-state index in [9.17, 15) is 23.8 Å². The predicted molar refractivity (Wildman–Crippen MR) is 249 cm³/mol. The van der Waals surface area contributed by atoms with Crippen molar-refractivity contribution in [2.45, 2.75) is 207 Å². The van der Waals surface area contributed by atoms with Crippen LogP contribution < -0.4 is 0 Å². The highest BCUT2D eigenvalue weighted by Gasteiger charge is 2.27. The van der Waals surface area contributed by atoms with Crippen molar-refractivity contribution in [3.8, 4) is 0 Å². The zero-order chi connectivity index (χ0) is 45.2. The lowest BCUT2D eigenvalue weighted by Gasteiger charge is -2.24. The fourth-order valence-electron chi connectivity index (χ4n) is 5.94. The Kier molecular flexibility index (Phi) is 42.3. The Morgan fingerprint density at radius 3 is 1.33 bits per heavy atom. The number of carbonyl (C=O) groups is 3. The molecule has 0 aliphatic rings. The van der Waals surface area contributed by atoms with Crippen LogP contribution >= 0.6 is 7.82 Å². The summed E-state index contributed by atoms with van der Waals surface area (Å²) in [6.07, 6.45) is 39.3. The number of allylic oxidation sites excluding steroid dienone is 4. The fraction of sp³-hybridized carbons (Fsp3) is 0.854. The van der Waals surface area contributed by atoms with Gasteiger partial charge in [-0.25, -0.2) is 4.57 Å². The van der Waals surface area contributed by atoms with Crippen molar-refractivity contribution >= 4 is 25.7 Å². The van der Waals surface area contributed by atoms with Crippen LogP contribution in [0.3, 0.4) is 0 Å². The van der Waals surface area contributed by atoms with E-state index in [2.05, 4.69) is 38.2 Å². The monoisotopic (exact) mass is 874 g/mol. The second-order valence-electron chi connectivity index (χ2n) is 17.5. The van der Waals surface area contributed by atoms with E-state index in [1.165, 1.54) is 102 Å². The van der Waals surface area contributed by atoms with Gasteiger partial charge in [0.1, 0.15) is 19.8 Å². The van der Waals surface area contributed by atoms with Gasteiger partial charge in [0, 0.05) is 33.9 Å². The van der Waals surface area contributed by atoms with Gasteiger partial charge in [-0.05, 0) is 64.2 Å². The molecule has 12 heteroatoms. The van der Waals surface area contributed by atoms with Gasteiger partial charge in [-0.2, -0.15) is 0 Å². The maximum Gasteiger partial charge on any atom is 0.472 e. The standard InChI is InChI=1S/C44H84NO8P.C4H9NO/c1-6-8-10-12-14-16-18-20-22-24-26-28-30-32-34-36-43(46)50-40-42(41-52-54(48,49)51-39-38-45(3,4)5)53-44(47)37-35-33-31-29-27-25-23-21-19-17-15-13-11-9-7-2;1-4(6)5(2)3/h20-23,42H,6-19,24-41H2,1-5H3;1-3H3/p+1/b22-20-,23-21-;/t42-;/m1./s1. The van der Waals surface area contributed by atoms with Crippen molar-refractivity contribution < 1.29 is 46.8 Å². The molecule has 1 amide bonds. The Bertz CT molecular complexity index is 1120. The van der Waals surface area contributed by atoms with Crippen LogP contribution in [0.15, 0.2) is 24.3 Å². The molecule has 354 valence electrons. The minimum absolute atomic E-state index is 0.0299. The van der Waals surface area contributed by atoms with E-state index in [0.29, 0.717) is 17.4 Å². The normalized spacial score (nSPS) is 13.2. The molecule has 0 aromatic heterocycles. The third-order valence-electron chi connectivity index (χ3n) is 10.1. The molecule has 0 bridgehead atoms. The quantitative estimate of drug-likeness (QED) is 0.0210. The first-order chi connectivity index (χ1) is 28.6. The van der Waals surface area contributed by atoms with Crippen molar-refractivity contribution in [2.24, 2.45) is 0 Å². The highest BCUT2D eigenvalue weighted by Crippen LogP contribution is 2.43. The smallest absolute Gasteiger partial charge is 0.462 e. The maximum absolute atomic E-state index is 12.7. The molecule has 1 N–H and O–H groups in total. The summed E-state index contributed by atoms with van der Waals surface area (Å²) in [4.78, 5) is 46.9. The average Bonchev–Trinajstić information content (AvgIpc) is 3.18. The average molecular weight is 874 g/mol. The van der Waals surface area contributed by atoms with Crippen LogP contribution in [-0.4, -0.2) is 99.8 Å². The Hall–Kier alpha value is -2.04. The van der Waals surface area contributed by atoms with E-state index in [4.69, 9.17) is 18.5 Å². The number of phosphoric ester groups is 1. The molecule has 0 saturated carbocycles. The van der Waals surface area contributed by atoms with Gasteiger partial charge < -0.3 is 23.8 Å². The van der Waals surface area contributed by atoms with Gasteiger partial charge in [0.05, 0.1) is 27.7 Å². The van der Waals surface area contributed by atoms with Gasteiger partial charge in [0.2, 0.25) is 5.91 Å². The van der Waals surface area contributed by atoms with Crippen molar-refractivity contribution in [3.05, 3.63) is 24.3 Å². The summed E-state index contributed by atoms with van der Waals surface area (Å²) in [5, 5.41) is 0. The van der Waals surface area contributed by atoms with Crippen molar-refractivity contribution in [1.82, 2.24) is 4.90 Å². The molecule has 0 spiro atoms. The van der Waals surface area contributed by atoms with E-state index in [-0.39, 0.29) is 37.9 Å². The number of hydrogen-bond donors (Lipinski definition) is 1. The molecule has 0 saturated heterocycles. The number of quaternary nitrogens is 1. The van der Waals surface area contributed by atoms with E-state index in [1.807, 2.05) is 21.1 Å². The third kappa shape index (κ3) is 48.6. The molecule has 0 aromatic rings.